The first kappa shape index (κ1) is 16.0. The standard InChI is InChI=1S/C13H10F3N3O2S/c14-13(15,16)12-8-11(3-2-10(12)9-17)22(20,21)7-6-19-5-1-4-18-19/h1-5,8H,6-7H2. The van der Waals surface area contributed by atoms with Crippen molar-refractivity contribution in [3.05, 3.63) is 47.8 Å². The number of hydrogen-bond donors (Lipinski definition) is 0. The van der Waals surface area contributed by atoms with Crippen molar-refractivity contribution in [2.45, 2.75) is 17.6 Å². The van der Waals surface area contributed by atoms with Crippen molar-refractivity contribution in [3.63, 3.8) is 0 Å². The fourth-order valence-electron chi connectivity index (χ4n) is 1.81. The van der Waals surface area contributed by atoms with Crippen molar-refractivity contribution >= 4 is 9.84 Å². The second-order valence-corrected chi connectivity index (χ2v) is 6.51. The van der Waals surface area contributed by atoms with Crippen LogP contribution in [-0.2, 0) is 22.6 Å². The minimum absolute atomic E-state index is 0.0245. The van der Waals surface area contributed by atoms with E-state index in [4.69, 9.17) is 5.26 Å². The van der Waals surface area contributed by atoms with Crippen LogP contribution in [0.2, 0.25) is 0 Å². The number of nitriles is 1. The summed E-state index contributed by atoms with van der Waals surface area (Å²) in [5.41, 5.74) is -1.87. The summed E-state index contributed by atoms with van der Waals surface area (Å²) in [7, 11) is -3.91. The van der Waals surface area contributed by atoms with Crippen LogP contribution in [0.25, 0.3) is 0 Å². The molecule has 0 aliphatic heterocycles. The smallest absolute Gasteiger partial charge is 0.272 e. The first-order valence-corrected chi connectivity index (χ1v) is 7.71. The van der Waals surface area contributed by atoms with Crippen LogP contribution >= 0.6 is 0 Å². The minimum atomic E-state index is -4.79. The molecule has 0 spiro atoms. The third-order valence-corrected chi connectivity index (χ3v) is 4.62. The number of alkyl halides is 3. The molecule has 0 aliphatic carbocycles. The maximum atomic E-state index is 12.9. The molecule has 1 aromatic heterocycles. The van der Waals surface area contributed by atoms with Gasteiger partial charge >= 0.3 is 6.18 Å². The minimum Gasteiger partial charge on any atom is -0.272 e. The van der Waals surface area contributed by atoms with Crippen LogP contribution in [-0.4, -0.2) is 24.0 Å². The highest BCUT2D eigenvalue weighted by Crippen LogP contribution is 2.33. The van der Waals surface area contributed by atoms with Crippen LogP contribution in [0.1, 0.15) is 11.1 Å². The molecule has 1 heterocycles. The van der Waals surface area contributed by atoms with Gasteiger partial charge in [0, 0.05) is 12.4 Å². The van der Waals surface area contributed by atoms with Gasteiger partial charge in [-0.3, -0.25) is 4.68 Å². The molecule has 5 nitrogen and oxygen atoms in total. The van der Waals surface area contributed by atoms with Gasteiger partial charge in [0.15, 0.2) is 9.84 Å². The molecule has 0 saturated heterocycles. The first-order valence-electron chi connectivity index (χ1n) is 6.05. The molecule has 2 aromatic rings. The number of hydrogen-bond acceptors (Lipinski definition) is 4. The number of aromatic nitrogens is 2. The van der Waals surface area contributed by atoms with Crippen LogP contribution in [0.5, 0.6) is 0 Å². The second kappa shape index (κ2) is 5.81. The average Bonchev–Trinajstić information content (AvgIpc) is 2.97. The van der Waals surface area contributed by atoms with Crippen LogP contribution in [0.4, 0.5) is 13.2 Å². The Balaban J connectivity index is 2.33. The fourth-order valence-corrected chi connectivity index (χ4v) is 3.05. The summed E-state index contributed by atoms with van der Waals surface area (Å²) in [6.07, 6.45) is -1.77. The van der Waals surface area contributed by atoms with Gasteiger partial charge in [0.2, 0.25) is 0 Å². The van der Waals surface area contributed by atoms with E-state index in [0.717, 1.165) is 12.1 Å². The largest absolute Gasteiger partial charge is 0.417 e. The molecular weight excluding hydrogens is 319 g/mol. The van der Waals surface area contributed by atoms with Crippen molar-refractivity contribution < 1.29 is 21.6 Å². The Kier molecular flexibility index (Phi) is 4.23. The summed E-state index contributed by atoms with van der Waals surface area (Å²) >= 11 is 0. The Morgan fingerprint density at radius 1 is 1.32 bits per heavy atom. The normalized spacial score (nSPS) is 12.1. The highest BCUT2D eigenvalue weighted by molar-refractivity contribution is 7.91. The van der Waals surface area contributed by atoms with E-state index in [9.17, 15) is 21.6 Å². The number of halogens is 3. The third-order valence-electron chi connectivity index (χ3n) is 2.92. The zero-order valence-corrected chi connectivity index (χ0v) is 11.9. The molecule has 0 aliphatic rings. The lowest BCUT2D eigenvalue weighted by Crippen LogP contribution is -2.15. The Bertz CT molecular complexity index is 806. The molecule has 0 N–H and O–H groups in total. The van der Waals surface area contributed by atoms with Crippen molar-refractivity contribution in [1.82, 2.24) is 9.78 Å². The van der Waals surface area contributed by atoms with Gasteiger partial charge in [-0.1, -0.05) is 0 Å². The summed E-state index contributed by atoms with van der Waals surface area (Å²) in [6, 6.07) is 5.38. The molecule has 0 unspecified atom stereocenters. The van der Waals surface area contributed by atoms with Crippen molar-refractivity contribution in [3.8, 4) is 6.07 Å². The summed E-state index contributed by atoms with van der Waals surface area (Å²) < 4.78 is 64.2. The van der Waals surface area contributed by atoms with Crippen LogP contribution in [0.3, 0.4) is 0 Å². The van der Waals surface area contributed by atoms with E-state index in [1.165, 1.54) is 16.9 Å². The fraction of sp³-hybridized carbons (Fsp3) is 0.231. The van der Waals surface area contributed by atoms with Crippen molar-refractivity contribution in [2.24, 2.45) is 0 Å². The number of benzene rings is 1. The monoisotopic (exact) mass is 329 g/mol. The number of rotatable bonds is 4. The molecule has 116 valence electrons. The van der Waals surface area contributed by atoms with Gasteiger partial charge in [0.25, 0.3) is 0 Å². The molecule has 1 aromatic carbocycles. The van der Waals surface area contributed by atoms with E-state index in [1.54, 1.807) is 12.3 Å². The van der Waals surface area contributed by atoms with Gasteiger partial charge in [-0.05, 0) is 24.3 Å². The van der Waals surface area contributed by atoms with E-state index >= 15 is 0 Å². The molecule has 0 bridgehead atoms. The van der Waals surface area contributed by atoms with Gasteiger partial charge < -0.3 is 0 Å². The zero-order chi connectivity index (χ0) is 16.4. The van der Waals surface area contributed by atoms with Gasteiger partial charge in [0.1, 0.15) is 0 Å². The Labute approximate surface area is 124 Å². The van der Waals surface area contributed by atoms with Gasteiger partial charge in [-0.25, -0.2) is 8.42 Å². The van der Waals surface area contributed by atoms with Crippen LogP contribution in [0.15, 0.2) is 41.6 Å². The van der Waals surface area contributed by atoms with E-state index in [2.05, 4.69) is 5.10 Å². The second-order valence-electron chi connectivity index (χ2n) is 4.40. The quantitative estimate of drug-likeness (QED) is 0.862. The van der Waals surface area contributed by atoms with Crippen molar-refractivity contribution in [1.29, 1.82) is 5.26 Å². The Hall–Kier alpha value is -2.34. The lowest BCUT2D eigenvalue weighted by atomic mass is 10.1. The maximum absolute atomic E-state index is 12.9. The molecule has 9 heteroatoms. The Morgan fingerprint density at radius 2 is 2.05 bits per heavy atom. The molecule has 0 radical (unpaired) electrons. The van der Waals surface area contributed by atoms with Crippen LogP contribution < -0.4 is 0 Å². The van der Waals surface area contributed by atoms with E-state index in [-0.39, 0.29) is 6.54 Å². The van der Waals surface area contributed by atoms with E-state index in [1.807, 2.05) is 0 Å². The van der Waals surface area contributed by atoms with Gasteiger partial charge in [-0.2, -0.15) is 23.5 Å². The number of nitrogens with zero attached hydrogens (tertiary/aromatic N) is 3. The van der Waals surface area contributed by atoms with Crippen LogP contribution in [0, 0.1) is 11.3 Å². The molecule has 0 saturated carbocycles. The first-order chi connectivity index (χ1) is 10.2. The molecule has 0 amide bonds. The molecular formula is C13H10F3N3O2S. The van der Waals surface area contributed by atoms with E-state index in [0.29, 0.717) is 6.07 Å². The van der Waals surface area contributed by atoms with Gasteiger partial charge in [0.05, 0.1) is 34.4 Å². The highest BCUT2D eigenvalue weighted by Gasteiger charge is 2.34. The summed E-state index contributed by atoms with van der Waals surface area (Å²) in [6.45, 7) is 0.0245. The summed E-state index contributed by atoms with van der Waals surface area (Å²) in [5.74, 6) is -0.391. The van der Waals surface area contributed by atoms with Crippen molar-refractivity contribution in [2.75, 3.05) is 5.75 Å². The Morgan fingerprint density at radius 3 is 2.59 bits per heavy atom. The maximum Gasteiger partial charge on any atom is 0.417 e. The average molecular weight is 329 g/mol. The molecule has 0 atom stereocenters. The summed E-state index contributed by atoms with van der Waals surface area (Å²) in [4.78, 5) is -0.467. The van der Waals surface area contributed by atoms with Gasteiger partial charge in [-0.15, -0.1) is 0 Å². The topological polar surface area (TPSA) is 75.8 Å². The molecule has 22 heavy (non-hydrogen) atoms. The SMILES string of the molecule is N#Cc1ccc(S(=O)(=O)CCn2cccn2)cc1C(F)(F)F. The third kappa shape index (κ3) is 3.46. The predicted octanol–water partition coefficient (Wildman–Crippen LogP) is 2.25. The molecule has 2 rings (SSSR count). The lowest BCUT2D eigenvalue weighted by Gasteiger charge is -2.11. The zero-order valence-electron chi connectivity index (χ0n) is 11.1. The molecule has 0 fully saturated rings. The number of sulfone groups is 1. The predicted molar refractivity (Wildman–Crippen MR) is 70.4 cm³/mol. The number of aryl methyl sites for hydroxylation is 1. The van der Waals surface area contributed by atoms with E-state index < -0.39 is 37.8 Å². The lowest BCUT2D eigenvalue weighted by molar-refractivity contribution is -0.137. The summed E-state index contributed by atoms with van der Waals surface area (Å²) in [5, 5.41) is 12.5. The highest BCUT2D eigenvalue weighted by atomic mass is 32.2.